The molecule has 1 aliphatic rings. The van der Waals surface area contributed by atoms with E-state index in [1.54, 1.807) is 18.5 Å². The first-order valence-electron chi connectivity index (χ1n) is 11.8. The summed E-state index contributed by atoms with van der Waals surface area (Å²) < 4.78 is 1.86. The van der Waals surface area contributed by atoms with Crippen LogP contribution in [0.2, 0.25) is 0 Å². The van der Waals surface area contributed by atoms with Crippen molar-refractivity contribution in [2.24, 2.45) is 0 Å². The highest BCUT2D eigenvalue weighted by Crippen LogP contribution is 2.32. The van der Waals surface area contributed by atoms with Gasteiger partial charge in [-0.15, -0.1) is 0 Å². The molecule has 0 spiro atoms. The average Bonchev–Trinajstić information content (AvgIpc) is 3.26. The standard InChI is InChI=1S/C25H32N6O2/c1-4-12-27-24(32)11-10-20-17(2)28-23-15-21(29-31(23)18(20)3)22-9-5-6-14-30(22)25(33)19-8-7-13-26-16-19/h7-8,13,15-16,22H,4-6,9-12,14H2,1-3H3,(H,27,32). The monoisotopic (exact) mass is 448 g/mol. The number of rotatable bonds is 7. The third-order valence-corrected chi connectivity index (χ3v) is 6.37. The number of hydrogen-bond acceptors (Lipinski definition) is 5. The fourth-order valence-corrected chi connectivity index (χ4v) is 4.60. The Hall–Kier alpha value is -3.29. The van der Waals surface area contributed by atoms with Crippen molar-refractivity contribution in [3.8, 4) is 0 Å². The quantitative estimate of drug-likeness (QED) is 0.597. The molecule has 1 saturated heterocycles. The zero-order valence-corrected chi connectivity index (χ0v) is 19.7. The zero-order valence-electron chi connectivity index (χ0n) is 19.7. The van der Waals surface area contributed by atoms with E-state index in [1.807, 2.05) is 42.3 Å². The molecule has 1 atom stereocenters. The van der Waals surface area contributed by atoms with E-state index in [2.05, 4.69) is 10.3 Å². The minimum Gasteiger partial charge on any atom is -0.356 e. The van der Waals surface area contributed by atoms with Gasteiger partial charge in [0, 0.05) is 49.4 Å². The summed E-state index contributed by atoms with van der Waals surface area (Å²) in [6, 6.07) is 5.51. The van der Waals surface area contributed by atoms with Crippen LogP contribution >= 0.6 is 0 Å². The van der Waals surface area contributed by atoms with Crippen LogP contribution < -0.4 is 5.32 Å². The van der Waals surface area contributed by atoms with E-state index >= 15 is 0 Å². The third kappa shape index (κ3) is 4.89. The molecule has 2 amide bonds. The molecule has 8 nitrogen and oxygen atoms in total. The lowest BCUT2D eigenvalue weighted by Gasteiger charge is -2.34. The molecule has 1 N–H and O–H groups in total. The van der Waals surface area contributed by atoms with E-state index in [0.717, 1.165) is 54.0 Å². The molecule has 3 aromatic rings. The van der Waals surface area contributed by atoms with Crippen LogP contribution in [-0.4, -0.2) is 49.4 Å². The summed E-state index contributed by atoms with van der Waals surface area (Å²) in [6.45, 7) is 7.45. The first kappa shape index (κ1) is 22.9. The molecule has 4 rings (SSSR count). The molecule has 3 aromatic heterocycles. The number of amides is 2. The van der Waals surface area contributed by atoms with Gasteiger partial charge in [0.05, 0.1) is 17.3 Å². The van der Waals surface area contributed by atoms with Crippen LogP contribution in [0.4, 0.5) is 0 Å². The van der Waals surface area contributed by atoms with Gasteiger partial charge in [0.2, 0.25) is 5.91 Å². The first-order chi connectivity index (χ1) is 16.0. The summed E-state index contributed by atoms with van der Waals surface area (Å²) in [5.41, 5.74) is 5.20. The van der Waals surface area contributed by atoms with Crippen molar-refractivity contribution in [3.63, 3.8) is 0 Å². The Morgan fingerprint density at radius 2 is 2.09 bits per heavy atom. The first-order valence-corrected chi connectivity index (χ1v) is 11.8. The summed E-state index contributed by atoms with van der Waals surface area (Å²) in [7, 11) is 0. The van der Waals surface area contributed by atoms with Gasteiger partial charge in [0.25, 0.3) is 5.91 Å². The van der Waals surface area contributed by atoms with E-state index in [4.69, 9.17) is 10.1 Å². The molecule has 1 aliphatic heterocycles. The summed E-state index contributed by atoms with van der Waals surface area (Å²) in [5, 5.41) is 7.82. The molecule has 8 heteroatoms. The number of carbonyl (C=O) groups excluding carboxylic acids is 2. The van der Waals surface area contributed by atoms with Gasteiger partial charge in [-0.1, -0.05) is 6.92 Å². The van der Waals surface area contributed by atoms with Gasteiger partial charge in [-0.05, 0) is 63.6 Å². The molecule has 0 bridgehead atoms. The Kier molecular flexibility index (Phi) is 7.01. The van der Waals surface area contributed by atoms with Crippen molar-refractivity contribution in [3.05, 3.63) is 58.8 Å². The van der Waals surface area contributed by atoms with E-state index in [-0.39, 0.29) is 17.9 Å². The smallest absolute Gasteiger partial charge is 0.255 e. The third-order valence-electron chi connectivity index (χ3n) is 6.37. The zero-order chi connectivity index (χ0) is 23.4. The number of aromatic nitrogens is 4. The molecular formula is C25H32N6O2. The molecule has 0 aliphatic carbocycles. The Labute approximate surface area is 194 Å². The molecule has 33 heavy (non-hydrogen) atoms. The summed E-state index contributed by atoms with van der Waals surface area (Å²) in [4.78, 5) is 36.1. The lowest BCUT2D eigenvalue weighted by molar-refractivity contribution is -0.121. The van der Waals surface area contributed by atoms with E-state index in [1.165, 1.54) is 0 Å². The highest BCUT2D eigenvalue weighted by atomic mass is 16.2. The van der Waals surface area contributed by atoms with Crippen LogP contribution in [0.15, 0.2) is 30.6 Å². The summed E-state index contributed by atoms with van der Waals surface area (Å²) in [6.07, 6.45) is 8.19. The maximum Gasteiger partial charge on any atom is 0.255 e. The molecule has 0 radical (unpaired) electrons. The predicted octanol–water partition coefficient (Wildman–Crippen LogP) is 3.57. The maximum absolute atomic E-state index is 13.2. The topological polar surface area (TPSA) is 92.5 Å². The van der Waals surface area contributed by atoms with Crippen molar-refractivity contribution >= 4 is 17.5 Å². The van der Waals surface area contributed by atoms with Crippen LogP contribution in [0.3, 0.4) is 0 Å². The van der Waals surface area contributed by atoms with E-state index < -0.39 is 0 Å². The van der Waals surface area contributed by atoms with E-state index in [9.17, 15) is 9.59 Å². The van der Waals surface area contributed by atoms with Crippen LogP contribution in [-0.2, 0) is 11.2 Å². The molecule has 1 unspecified atom stereocenters. The van der Waals surface area contributed by atoms with Crippen molar-refractivity contribution < 1.29 is 9.59 Å². The molecular weight excluding hydrogens is 416 g/mol. The Morgan fingerprint density at radius 3 is 2.85 bits per heavy atom. The van der Waals surface area contributed by atoms with Gasteiger partial charge < -0.3 is 10.2 Å². The molecule has 0 saturated carbocycles. The Bertz CT molecular complexity index is 1140. The Balaban J connectivity index is 1.61. The van der Waals surface area contributed by atoms with Crippen molar-refractivity contribution in [1.29, 1.82) is 0 Å². The lowest BCUT2D eigenvalue weighted by atomic mass is 9.98. The second-order valence-corrected chi connectivity index (χ2v) is 8.70. The van der Waals surface area contributed by atoms with Crippen molar-refractivity contribution in [1.82, 2.24) is 29.8 Å². The normalized spacial score (nSPS) is 16.2. The van der Waals surface area contributed by atoms with Gasteiger partial charge in [0.15, 0.2) is 5.65 Å². The van der Waals surface area contributed by atoms with Crippen LogP contribution in [0, 0.1) is 13.8 Å². The number of fused-ring (bicyclic) bond motifs is 1. The number of carbonyl (C=O) groups is 2. The van der Waals surface area contributed by atoms with Gasteiger partial charge in [-0.2, -0.15) is 5.10 Å². The van der Waals surface area contributed by atoms with Crippen LogP contribution in [0.25, 0.3) is 5.65 Å². The number of nitrogens with one attached hydrogen (secondary N) is 1. The minimum absolute atomic E-state index is 0.00972. The Morgan fingerprint density at radius 1 is 1.24 bits per heavy atom. The fourth-order valence-electron chi connectivity index (χ4n) is 4.60. The SMILES string of the molecule is CCCNC(=O)CCc1c(C)nc2cc(C3CCCCN3C(=O)c3cccnc3)nn2c1C. The van der Waals surface area contributed by atoms with Crippen molar-refractivity contribution in [2.75, 3.05) is 13.1 Å². The number of pyridine rings is 1. The van der Waals surface area contributed by atoms with Gasteiger partial charge in [-0.25, -0.2) is 9.50 Å². The van der Waals surface area contributed by atoms with Crippen LogP contribution in [0.5, 0.6) is 0 Å². The molecule has 4 heterocycles. The second kappa shape index (κ2) is 10.1. The van der Waals surface area contributed by atoms with Crippen LogP contribution in [0.1, 0.15) is 78.1 Å². The number of hydrogen-bond donors (Lipinski definition) is 1. The van der Waals surface area contributed by atoms with Crippen molar-refractivity contribution in [2.45, 2.75) is 65.3 Å². The van der Waals surface area contributed by atoms with Gasteiger partial charge >= 0.3 is 0 Å². The predicted molar refractivity (Wildman–Crippen MR) is 126 cm³/mol. The summed E-state index contributed by atoms with van der Waals surface area (Å²) in [5.74, 6) is 0.0492. The fraction of sp³-hybridized carbons (Fsp3) is 0.480. The number of aryl methyl sites for hydroxylation is 2. The number of piperidine rings is 1. The minimum atomic E-state index is -0.0869. The highest BCUT2D eigenvalue weighted by molar-refractivity contribution is 5.94. The molecule has 174 valence electrons. The van der Waals surface area contributed by atoms with Gasteiger partial charge in [0.1, 0.15) is 0 Å². The largest absolute Gasteiger partial charge is 0.356 e. The number of likely N-dealkylation sites (tertiary alicyclic amines) is 1. The number of nitrogens with zero attached hydrogens (tertiary/aromatic N) is 5. The second-order valence-electron chi connectivity index (χ2n) is 8.70. The summed E-state index contributed by atoms with van der Waals surface area (Å²) >= 11 is 0. The molecule has 0 aromatic carbocycles. The average molecular weight is 449 g/mol. The maximum atomic E-state index is 13.2. The molecule has 1 fully saturated rings. The van der Waals surface area contributed by atoms with E-state index in [0.29, 0.717) is 31.5 Å². The lowest BCUT2D eigenvalue weighted by Crippen LogP contribution is -2.38. The highest BCUT2D eigenvalue weighted by Gasteiger charge is 2.31. The van der Waals surface area contributed by atoms with Gasteiger partial charge in [-0.3, -0.25) is 14.6 Å².